The van der Waals surface area contributed by atoms with E-state index in [4.69, 9.17) is 15.0 Å². The molecule has 0 aliphatic rings. The van der Waals surface area contributed by atoms with Gasteiger partial charge in [0.2, 0.25) is 0 Å². The van der Waals surface area contributed by atoms with Crippen molar-refractivity contribution in [2.45, 2.75) is 0 Å². The first-order valence-electron chi connectivity index (χ1n) is 18.6. The Morgan fingerprint density at radius 3 is 1.60 bits per heavy atom. The molecule has 0 amide bonds. The first-order chi connectivity index (χ1) is 27.3. The molecule has 55 heavy (non-hydrogen) atoms. The number of nitrogens with zero attached hydrogens (tertiary/aromatic N) is 4. The van der Waals surface area contributed by atoms with E-state index in [0.717, 1.165) is 60.6 Å². The van der Waals surface area contributed by atoms with Gasteiger partial charge in [-0.25, -0.2) is 15.0 Å². The Hall–Kier alpha value is -7.43. The molecule has 2 heterocycles. The van der Waals surface area contributed by atoms with Crippen molar-refractivity contribution in [1.29, 1.82) is 0 Å². The number of hydrogen-bond acceptors (Lipinski definition) is 3. The lowest BCUT2D eigenvalue weighted by Gasteiger charge is -2.20. The molecule has 0 spiro atoms. The lowest BCUT2D eigenvalue weighted by atomic mass is 9.93. The summed E-state index contributed by atoms with van der Waals surface area (Å²) in [6, 6.07) is 68.7. The summed E-state index contributed by atoms with van der Waals surface area (Å²) < 4.78 is 2.47. The van der Waals surface area contributed by atoms with Gasteiger partial charge in [-0.15, -0.1) is 0 Å². The summed E-state index contributed by atoms with van der Waals surface area (Å²) >= 11 is 0. The zero-order chi connectivity index (χ0) is 36.3. The topological polar surface area (TPSA) is 43.6 Å². The average Bonchev–Trinajstić information content (AvgIpc) is 3.57. The van der Waals surface area contributed by atoms with Gasteiger partial charge in [-0.3, -0.25) is 0 Å². The number of rotatable bonds is 5. The van der Waals surface area contributed by atoms with Crippen LogP contribution in [0.5, 0.6) is 0 Å². The molecule has 0 unspecified atom stereocenters. The van der Waals surface area contributed by atoms with E-state index in [9.17, 15) is 0 Å². The van der Waals surface area contributed by atoms with E-state index in [1.807, 2.05) is 18.2 Å². The van der Waals surface area contributed by atoms with Gasteiger partial charge < -0.3 is 4.57 Å². The molecule has 0 atom stereocenters. The van der Waals surface area contributed by atoms with Gasteiger partial charge in [0, 0.05) is 38.4 Å². The third kappa shape index (κ3) is 5.11. The van der Waals surface area contributed by atoms with E-state index in [0.29, 0.717) is 17.5 Å². The van der Waals surface area contributed by atoms with Crippen molar-refractivity contribution in [3.05, 3.63) is 194 Å². The first-order valence-corrected chi connectivity index (χ1v) is 18.6. The molecule has 4 nitrogen and oxygen atoms in total. The molecule has 0 aliphatic heterocycles. The van der Waals surface area contributed by atoms with E-state index in [1.54, 1.807) is 0 Å². The summed E-state index contributed by atoms with van der Waals surface area (Å²) in [6.45, 7) is 0. The molecule has 0 N–H and O–H groups in total. The van der Waals surface area contributed by atoms with E-state index in [2.05, 4.69) is 180 Å². The molecule has 0 saturated heterocycles. The lowest BCUT2D eigenvalue weighted by molar-refractivity contribution is 1.08. The van der Waals surface area contributed by atoms with E-state index in [-0.39, 0.29) is 0 Å². The summed E-state index contributed by atoms with van der Waals surface area (Å²) in [7, 11) is 0. The monoisotopic (exact) mass is 700 g/mol. The molecule has 0 radical (unpaired) electrons. The van der Waals surface area contributed by atoms with Gasteiger partial charge in [0.05, 0.1) is 16.7 Å². The Bertz CT molecular complexity index is 3250. The fourth-order valence-electron chi connectivity index (χ4n) is 8.27. The standard InChI is InChI=1S/C51H32N4/c1-3-16-34(17-4-1)43-32-45(51-53-49(35-19-5-2-6-20-35)52-50(54-51)42-28-15-23-33-18-9-10-24-38(33)42)39-25-11-12-27-41(39)48(43)55-46-29-14-13-26-40(46)44-30-36-21-7-8-22-37(36)31-47(44)55/h1-32H. The number of aromatic nitrogens is 4. The normalized spacial score (nSPS) is 11.6. The molecule has 0 bridgehead atoms. The fraction of sp³-hybridized carbons (Fsp3) is 0. The van der Waals surface area contributed by atoms with Crippen LogP contribution in [0.25, 0.3) is 105 Å². The van der Waals surface area contributed by atoms with Crippen LogP contribution in [0.3, 0.4) is 0 Å². The Morgan fingerprint density at radius 2 is 0.836 bits per heavy atom. The highest BCUT2D eigenvalue weighted by molar-refractivity contribution is 6.16. The largest absolute Gasteiger partial charge is 0.308 e. The molecule has 4 heteroatoms. The Balaban J connectivity index is 1.26. The van der Waals surface area contributed by atoms with Gasteiger partial charge in [-0.2, -0.15) is 0 Å². The summed E-state index contributed by atoms with van der Waals surface area (Å²) in [5, 5.41) is 9.31. The molecular weight excluding hydrogens is 669 g/mol. The molecule has 2 aromatic heterocycles. The second kappa shape index (κ2) is 12.6. The van der Waals surface area contributed by atoms with Crippen LogP contribution in [-0.4, -0.2) is 19.5 Å². The highest BCUT2D eigenvalue weighted by atomic mass is 15.0. The Morgan fingerprint density at radius 1 is 0.291 bits per heavy atom. The van der Waals surface area contributed by atoms with Crippen molar-refractivity contribution in [3.8, 4) is 51.0 Å². The minimum atomic E-state index is 0.630. The van der Waals surface area contributed by atoms with Gasteiger partial charge in [0.25, 0.3) is 0 Å². The summed E-state index contributed by atoms with van der Waals surface area (Å²) in [4.78, 5) is 15.7. The number of hydrogen-bond donors (Lipinski definition) is 0. The molecular formula is C51H32N4. The van der Waals surface area contributed by atoms with Crippen LogP contribution >= 0.6 is 0 Å². The Kier molecular flexibility index (Phi) is 7.14. The van der Waals surface area contributed by atoms with Gasteiger partial charge in [0.1, 0.15) is 0 Å². The fourth-order valence-corrected chi connectivity index (χ4v) is 8.27. The highest BCUT2D eigenvalue weighted by Crippen LogP contribution is 2.44. The van der Waals surface area contributed by atoms with Crippen LogP contribution in [0.1, 0.15) is 0 Å². The predicted octanol–water partition coefficient (Wildman–Crippen LogP) is 13.1. The molecule has 0 saturated carbocycles. The quantitative estimate of drug-likeness (QED) is 0.179. The van der Waals surface area contributed by atoms with Crippen molar-refractivity contribution in [1.82, 2.24) is 19.5 Å². The van der Waals surface area contributed by atoms with Gasteiger partial charge in [0.15, 0.2) is 17.5 Å². The second-order valence-electron chi connectivity index (χ2n) is 14.0. The minimum Gasteiger partial charge on any atom is -0.308 e. The van der Waals surface area contributed by atoms with E-state index in [1.165, 1.54) is 27.1 Å². The van der Waals surface area contributed by atoms with Crippen LogP contribution in [0.4, 0.5) is 0 Å². The predicted molar refractivity (Wildman–Crippen MR) is 228 cm³/mol. The van der Waals surface area contributed by atoms with Crippen LogP contribution < -0.4 is 0 Å². The zero-order valence-corrected chi connectivity index (χ0v) is 29.8. The third-order valence-electron chi connectivity index (χ3n) is 10.8. The number of para-hydroxylation sites is 1. The molecule has 11 rings (SSSR count). The highest BCUT2D eigenvalue weighted by Gasteiger charge is 2.23. The summed E-state index contributed by atoms with van der Waals surface area (Å²) in [5.74, 6) is 1.91. The lowest BCUT2D eigenvalue weighted by Crippen LogP contribution is -2.03. The average molecular weight is 701 g/mol. The number of benzene rings is 9. The number of fused-ring (bicyclic) bond motifs is 6. The minimum absolute atomic E-state index is 0.630. The molecule has 0 aliphatic carbocycles. The van der Waals surface area contributed by atoms with Crippen LogP contribution in [-0.2, 0) is 0 Å². The smallest absolute Gasteiger partial charge is 0.164 e. The molecule has 256 valence electrons. The SMILES string of the molecule is c1ccc(-c2nc(-c3cccc4ccccc34)nc(-c3cc(-c4ccccc4)c(-n4c5ccccc5c5cc6ccccc6cc54)c4ccccc34)n2)cc1. The molecule has 11 aromatic rings. The molecule has 0 fully saturated rings. The Labute approximate surface area is 317 Å². The summed E-state index contributed by atoms with van der Waals surface area (Å²) in [5.41, 5.74) is 8.52. The van der Waals surface area contributed by atoms with Gasteiger partial charge in [-0.05, 0) is 56.8 Å². The van der Waals surface area contributed by atoms with E-state index < -0.39 is 0 Å². The van der Waals surface area contributed by atoms with Crippen molar-refractivity contribution >= 4 is 54.1 Å². The maximum atomic E-state index is 5.33. The van der Waals surface area contributed by atoms with E-state index >= 15 is 0 Å². The van der Waals surface area contributed by atoms with Crippen molar-refractivity contribution in [3.63, 3.8) is 0 Å². The van der Waals surface area contributed by atoms with Crippen molar-refractivity contribution < 1.29 is 0 Å². The van der Waals surface area contributed by atoms with Gasteiger partial charge >= 0.3 is 0 Å². The molecule has 9 aromatic carbocycles. The van der Waals surface area contributed by atoms with Crippen LogP contribution in [0.2, 0.25) is 0 Å². The second-order valence-corrected chi connectivity index (χ2v) is 14.0. The third-order valence-corrected chi connectivity index (χ3v) is 10.8. The van der Waals surface area contributed by atoms with Crippen LogP contribution in [0.15, 0.2) is 194 Å². The maximum absolute atomic E-state index is 5.33. The van der Waals surface area contributed by atoms with Crippen molar-refractivity contribution in [2.75, 3.05) is 0 Å². The van der Waals surface area contributed by atoms with Crippen LogP contribution in [0, 0.1) is 0 Å². The first kappa shape index (κ1) is 31.1. The van der Waals surface area contributed by atoms with Gasteiger partial charge in [-0.1, -0.05) is 170 Å². The maximum Gasteiger partial charge on any atom is 0.164 e. The van der Waals surface area contributed by atoms with Crippen molar-refractivity contribution in [2.24, 2.45) is 0 Å². The summed E-state index contributed by atoms with van der Waals surface area (Å²) in [6.07, 6.45) is 0. The zero-order valence-electron chi connectivity index (χ0n) is 29.8.